The Morgan fingerprint density at radius 3 is 2.52 bits per heavy atom. The van der Waals surface area contributed by atoms with Gasteiger partial charge in [-0.25, -0.2) is 4.98 Å². The van der Waals surface area contributed by atoms with Crippen LogP contribution in [0.1, 0.15) is 24.4 Å². The van der Waals surface area contributed by atoms with Gasteiger partial charge >= 0.3 is 0 Å². The molecule has 3 rings (SSSR count). The summed E-state index contributed by atoms with van der Waals surface area (Å²) in [5, 5.41) is 4.24. The lowest BCUT2D eigenvalue weighted by molar-refractivity contribution is 0.671. The van der Waals surface area contributed by atoms with Crippen molar-refractivity contribution in [1.82, 2.24) is 9.97 Å². The van der Waals surface area contributed by atoms with Crippen LogP contribution >= 0.6 is 11.6 Å². The van der Waals surface area contributed by atoms with E-state index in [4.69, 9.17) is 11.6 Å². The van der Waals surface area contributed by atoms with Gasteiger partial charge in [-0.1, -0.05) is 23.7 Å². The SMILES string of the molecule is CN(C)c1ccnc(NC(c2ccc(Cl)cc2)C2CC2)n1. The Labute approximate surface area is 130 Å². The standard InChI is InChI=1S/C16H19ClN4/c1-21(2)14-9-10-18-16(19-14)20-15(11-3-4-11)12-5-7-13(17)8-6-12/h5-11,15H,3-4H2,1-2H3,(H,18,19,20). The predicted molar refractivity (Wildman–Crippen MR) is 86.9 cm³/mol. The molecular formula is C16H19ClN4. The summed E-state index contributed by atoms with van der Waals surface area (Å²) >= 11 is 5.98. The van der Waals surface area contributed by atoms with Crippen LogP contribution in [0.4, 0.5) is 11.8 Å². The predicted octanol–water partition coefficient (Wildman–Crippen LogP) is 3.76. The Bertz CT molecular complexity index is 608. The van der Waals surface area contributed by atoms with E-state index < -0.39 is 0 Å². The van der Waals surface area contributed by atoms with E-state index in [9.17, 15) is 0 Å². The second kappa shape index (κ2) is 5.90. The molecule has 1 N–H and O–H groups in total. The van der Waals surface area contributed by atoms with Crippen LogP contribution in [0, 0.1) is 5.92 Å². The molecule has 110 valence electrons. The van der Waals surface area contributed by atoms with E-state index in [1.165, 1.54) is 18.4 Å². The molecule has 1 aromatic heterocycles. The highest BCUT2D eigenvalue weighted by Crippen LogP contribution is 2.42. The quantitative estimate of drug-likeness (QED) is 0.913. The number of rotatable bonds is 5. The van der Waals surface area contributed by atoms with Gasteiger partial charge in [-0.05, 0) is 42.5 Å². The maximum Gasteiger partial charge on any atom is 0.225 e. The molecule has 5 heteroatoms. The summed E-state index contributed by atoms with van der Waals surface area (Å²) in [6, 6.07) is 10.2. The Kier molecular flexibility index (Phi) is 3.97. The van der Waals surface area contributed by atoms with Crippen LogP contribution in [0.5, 0.6) is 0 Å². The number of hydrogen-bond donors (Lipinski definition) is 1. The van der Waals surface area contributed by atoms with Gasteiger partial charge in [0.2, 0.25) is 5.95 Å². The third-order valence-electron chi connectivity index (χ3n) is 3.71. The number of nitrogens with one attached hydrogen (secondary N) is 1. The summed E-state index contributed by atoms with van der Waals surface area (Å²) < 4.78 is 0. The monoisotopic (exact) mass is 302 g/mol. The first-order valence-electron chi connectivity index (χ1n) is 7.16. The lowest BCUT2D eigenvalue weighted by Crippen LogP contribution is -2.17. The van der Waals surface area contributed by atoms with Gasteiger partial charge in [-0.15, -0.1) is 0 Å². The molecule has 4 nitrogen and oxygen atoms in total. The minimum atomic E-state index is 0.250. The average Bonchev–Trinajstić information content (AvgIpc) is 3.31. The third kappa shape index (κ3) is 3.45. The van der Waals surface area contributed by atoms with Crippen molar-refractivity contribution in [1.29, 1.82) is 0 Å². The van der Waals surface area contributed by atoms with Gasteiger partial charge < -0.3 is 10.2 Å². The van der Waals surface area contributed by atoms with E-state index in [1.807, 2.05) is 37.2 Å². The van der Waals surface area contributed by atoms with Crippen molar-refractivity contribution < 1.29 is 0 Å². The maximum atomic E-state index is 5.98. The largest absolute Gasteiger partial charge is 0.363 e. The van der Waals surface area contributed by atoms with Crippen molar-refractivity contribution in [3.05, 3.63) is 47.1 Å². The van der Waals surface area contributed by atoms with Crippen LogP contribution in [-0.4, -0.2) is 24.1 Å². The Hall–Kier alpha value is -1.81. The smallest absolute Gasteiger partial charge is 0.225 e. The molecule has 0 saturated heterocycles. The molecule has 1 fully saturated rings. The molecule has 0 bridgehead atoms. The van der Waals surface area contributed by atoms with Crippen LogP contribution in [0.3, 0.4) is 0 Å². The molecular weight excluding hydrogens is 284 g/mol. The number of nitrogens with zero attached hydrogens (tertiary/aromatic N) is 3. The molecule has 1 unspecified atom stereocenters. The average molecular weight is 303 g/mol. The molecule has 0 amide bonds. The van der Waals surface area contributed by atoms with Gasteiger partial charge in [0.25, 0.3) is 0 Å². The Morgan fingerprint density at radius 1 is 1.19 bits per heavy atom. The molecule has 1 aliphatic carbocycles. The van der Waals surface area contributed by atoms with Gasteiger partial charge in [0.1, 0.15) is 5.82 Å². The molecule has 1 saturated carbocycles. The minimum absolute atomic E-state index is 0.250. The molecule has 0 aliphatic heterocycles. The summed E-state index contributed by atoms with van der Waals surface area (Å²) in [7, 11) is 3.95. The zero-order valence-electron chi connectivity index (χ0n) is 12.3. The minimum Gasteiger partial charge on any atom is -0.363 e. The first-order valence-corrected chi connectivity index (χ1v) is 7.53. The summed E-state index contributed by atoms with van der Waals surface area (Å²) in [5.41, 5.74) is 1.24. The van der Waals surface area contributed by atoms with Gasteiger partial charge in [-0.2, -0.15) is 4.98 Å². The van der Waals surface area contributed by atoms with Crippen molar-refractivity contribution >= 4 is 23.4 Å². The topological polar surface area (TPSA) is 41.1 Å². The highest BCUT2D eigenvalue weighted by Gasteiger charge is 2.32. The van der Waals surface area contributed by atoms with Crippen molar-refractivity contribution in [2.75, 3.05) is 24.3 Å². The van der Waals surface area contributed by atoms with Gasteiger partial charge in [-0.3, -0.25) is 0 Å². The summed E-state index contributed by atoms with van der Waals surface area (Å²) in [6.07, 6.45) is 4.28. The third-order valence-corrected chi connectivity index (χ3v) is 3.96. The zero-order chi connectivity index (χ0) is 14.8. The molecule has 1 aliphatic rings. The second-order valence-electron chi connectivity index (χ2n) is 5.64. The van der Waals surface area contributed by atoms with Crippen LogP contribution < -0.4 is 10.2 Å². The fourth-order valence-electron chi connectivity index (χ4n) is 2.38. The second-order valence-corrected chi connectivity index (χ2v) is 6.08. The number of anilines is 2. The van der Waals surface area contributed by atoms with Crippen LogP contribution in [0.25, 0.3) is 0 Å². The fourth-order valence-corrected chi connectivity index (χ4v) is 2.51. The van der Waals surface area contributed by atoms with Crippen molar-refractivity contribution in [3.63, 3.8) is 0 Å². The molecule has 1 aromatic carbocycles. The number of benzene rings is 1. The lowest BCUT2D eigenvalue weighted by atomic mass is 10.0. The summed E-state index contributed by atoms with van der Waals surface area (Å²) in [6.45, 7) is 0. The fraction of sp³-hybridized carbons (Fsp3) is 0.375. The zero-order valence-corrected chi connectivity index (χ0v) is 13.0. The molecule has 0 spiro atoms. The van der Waals surface area contributed by atoms with E-state index in [2.05, 4.69) is 27.4 Å². The van der Waals surface area contributed by atoms with Crippen LogP contribution in [-0.2, 0) is 0 Å². The van der Waals surface area contributed by atoms with Gasteiger partial charge in [0, 0.05) is 25.3 Å². The summed E-state index contributed by atoms with van der Waals surface area (Å²) in [4.78, 5) is 10.9. The van der Waals surface area contributed by atoms with E-state index in [0.29, 0.717) is 11.9 Å². The molecule has 1 atom stereocenters. The Balaban J connectivity index is 1.82. The van der Waals surface area contributed by atoms with Crippen molar-refractivity contribution in [2.45, 2.75) is 18.9 Å². The van der Waals surface area contributed by atoms with Crippen LogP contribution in [0.2, 0.25) is 5.02 Å². The van der Waals surface area contributed by atoms with Crippen molar-refractivity contribution in [2.24, 2.45) is 5.92 Å². The maximum absolute atomic E-state index is 5.98. The van der Waals surface area contributed by atoms with Gasteiger partial charge in [0.05, 0.1) is 6.04 Å². The molecule has 21 heavy (non-hydrogen) atoms. The molecule has 0 radical (unpaired) electrons. The van der Waals surface area contributed by atoms with E-state index in [0.717, 1.165) is 10.8 Å². The van der Waals surface area contributed by atoms with E-state index in [-0.39, 0.29) is 6.04 Å². The van der Waals surface area contributed by atoms with E-state index >= 15 is 0 Å². The van der Waals surface area contributed by atoms with Crippen LogP contribution in [0.15, 0.2) is 36.5 Å². The van der Waals surface area contributed by atoms with Gasteiger partial charge in [0.15, 0.2) is 0 Å². The number of aromatic nitrogens is 2. The first kappa shape index (κ1) is 14.1. The van der Waals surface area contributed by atoms with E-state index in [1.54, 1.807) is 6.20 Å². The summed E-state index contributed by atoms with van der Waals surface area (Å²) in [5.74, 6) is 2.23. The molecule has 1 heterocycles. The normalized spacial score (nSPS) is 15.6. The number of halogens is 1. The number of hydrogen-bond acceptors (Lipinski definition) is 4. The highest BCUT2D eigenvalue weighted by atomic mass is 35.5. The first-order chi connectivity index (χ1) is 10.1. The van der Waals surface area contributed by atoms with Crippen molar-refractivity contribution in [3.8, 4) is 0 Å². The lowest BCUT2D eigenvalue weighted by Gasteiger charge is -2.20. The molecule has 2 aromatic rings. The highest BCUT2D eigenvalue weighted by molar-refractivity contribution is 6.30. The Morgan fingerprint density at radius 2 is 1.90 bits per heavy atom.